The summed E-state index contributed by atoms with van der Waals surface area (Å²) in [5.74, 6) is 5.54. The van der Waals surface area contributed by atoms with Gasteiger partial charge in [0.2, 0.25) is 0 Å². The van der Waals surface area contributed by atoms with Gasteiger partial charge in [0.25, 0.3) is 0 Å². The fourth-order valence-electron chi connectivity index (χ4n) is 1.64. The summed E-state index contributed by atoms with van der Waals surface area (Å²) in [4.78, 5) is 1.20. The monoisotopic (exact) mass is 266 g/mol. The van der Waals surface area contributed by atoms with Crippen molar-refractivity contribution >= 4 is 11.3 Å². The first-order valence-corrected chi connectivity index (χ1v) is 7.49. The van der Waals surface area contributed by atoms with Crippen LogP contribution >= 0.6 is 11.3 Å². The molecule has 3 heteroatoms. The lowest BCUT2D eigenvalue weighted by Gasteiger charge is -2.02. The van der Waals surface area contributed by atoms with Crippen LogP contribution in [0.15, 0.2) is 11.4 Å². The van der Waals surface area contributed by atoms with Crippen LogP contribution in [0.1, 0.15) is 49.5 Å². The van der Waals surface area contributed by atoms with E-state index in [4.69, 9.17) is 9.84 Å². The van der Waals surface area contributed by atoms with E-state index in [-0.39, 0.29) is 6.61 Å². The molecule has 0 saturated carbocycles. The molecule has 1 aromatic heterocycles. The van der Waals surface area contributed by atoms with Gasteiger partial charge in [0.1, 0.15) is 6.61 Å². The molecule has 0 radical (unpaired) electrons. The van der Waals surface area contributed by atoms with Crippen LogP contribution in [0.25, 0.3) is 0 Å². The first-order valence-electron chi connectivity index (χ1n) is 6.61. The zero-order valence-electron chi connectivity index (χ0n) is 11.1. The largest absolute Gasteiger partial charge is 0.384 e. The summed E-state index contributed by atoms with van der Waals surface area (Å²) in [7, 11) is 0. The van der Waals surface area contributed by atoms with Gasteiger partial charge in [-0.2, -0.15) is 0 Å². The molecule has 0 bridgehead atoms. The molecule has 0 spiro atoms. The number of ether oxygens (including phenoxy) is 1. The lowest BCUT2D eigenvalue weighted by Crippen LogP contribution is -1.93. The molecular weight excluding hydrogens is 244 g/mol. The first-order chi connectivity index (χ1) is 8.86. The third kappa shape index (κ3) is 6.80. The lowest BCUT2D eigenvalue weighted by atomic mass is 10.2. The Labute approximate surface area is 114 Å². The van der Waals surface area contributed by atoms with Crippen molar-refractivity contribution in [3.05, 3.63) is 21.9 Å². The molecule has 0 atom stereocenters. The second-order valence-corrected chi connectivity index (χ2v) is 5.22. The predicted molar refractivity (Wildman–Crippen MR) is 76.7 cm³/mol. The Morgan fingerprint density at radius 2 is 2.11 bits per heavy atom. The average molecular weight is 266 g/mol. The molecule has 0 aliphatic carbocycles. The van der Waals surface area contributed by atoms with Crippen molar-refractivity contribution in [1.29, 1.82) is 0 Å². The number of unbranched alkanes of at least 4 members (excludes halogenated alkanes) is 4. The number of aliphatic hydroxyl groups excluding tert-OH is 1. The highest BCUT2D eigenvalue weighted by molar-refractivity contribution is 7.10. The predicted octanol–water partition coefficient (Wildman–Crippen LogP) is 3.58. The van der Waals surface area contributed by atoms with Crippen LogP contribution < -0.4 is 0 Å². The molecule has 1 N–H and O–H groups in total. The van der Waals surface area contributed by atoms with Gasteiger partial charge in [-0.15, -0.1) is 11.3 Å². The summed E-state index contributed by atoms with van der Waals surface area (Å²) in [6, 6.07) is 2.03. The van der Waals surface area contributed by atoms with Crippen LogP contribution in [0, 0.1) is 11.8 Å². The number of aliphatic hydroxyl groups is 1. The van der Waals surface area contributed by atoms with E-state index in [2.05, 4.69) is 18.8 Å². The van der Waals surface area contributed by atoms with E-state index < -0.39 is 0 Å². The SMILES string of the molecule is CCCCCCCOCc1cc(C#CCO)cs1. The van der Waals surface area contributed by atoms with Gasteiger partial charge in [-0.1, -0.05) is 44.4 Å². The quantitative estimate of drug-likeness (QED) is 0.575. The summed E-state index contributed by atoms with van der Waals surface area (Å²) in [6.07, 6.45) is 6.36. The van der Waals surface area contributed by atoms with Crippen molar-refractivity contribution in [3.63, 3.8) is 0 Å². The Hall–Kier alpha value is -0.820. The van der Waals surface area contributed by atoms with Gasteiger partial charge in [-0.25, -0.2) is 0 Å². The fourth-order valence-corrected chi connectivity index (χ4v) is 2.40. The molecule has 100 valence electrons. The highest BCUT2D eigenvalue weighted by Gasteiger charge is 1.98. The number of hydrogen-bond donors (Lipinski definition) is 1. The minimum absolute atomic E-state index is 0.0839. The van der Waals surface area contributed by atoms with E-state index in [9.17, 15) is 0 Å². The summed E-state index contributed by atoms with van der Waals surface area (Å²) in [6.45, 7) is 3.67. The summed E-state index contributed by atoms with van der Waals surface area (Å²) in [5, 5.41) is 10.6. The van der Waals surface area contributed by atoms with E-state index >= 15 is 0 Å². The molecule has 0 amide bonds. The van der Waals surface area contributed by atoms with Gasteiger partial charge in [0.05, 0.1) is 6.61 Å². The topological polar surface area (TPSA) is 29.5 Å². The maximum atomic E-state index is 8.60. The zero-order valence-corrected chi connectivity index (χ0v) is 11.9. The highest BCUT2D eigenvalue weighted by Crippen LogP contribution is 2.15. The smallest absolute Gasteiger partial charge is 0.104 e. The molecule has 18 heavy (non-hydrogen) atoms. The Kier molecular flexibility index (Phi) is 8.58. The van der Waals surface area contributed by atoms with Gasteiger partial charge >= 0.3 is 0 Å². The van der Waals surface area contributed by atoms with E-state index in [1.54, 1.807) is 11.3 Å². The lowest BCUT2D eigenvalue weighted by molar-refractivity contribution is 0.119. The molecule has 0 aromatic carbocycles. The molecule has 1 rings (SSSR count). The minimum Gasteiger partial charge on any atom is -0.384 e. The maximum absolute atomic E-state index is 8.60. The van der Waals surface area contributed by atoms with Gasteiger partial charge in [0, 0.05) is 22.4 Å². The average Bonchev–Trinajstić information content (AvgIpc) is 2.83. The summed E-state index contributed by atoms with van der Waals surface area (Å²) >= 11 is 1.66. The Balaban J connectivity index is 2.10. The van der Waals surface area contributed by atoms with Crippen molar-refractivity contribution in [2.75, 3.05) is 13.2 Å². The highest BCUT2D eigenvalue weighted by atomic mass is 32.1. The normalized spacial score (nSPS) is 10.1. The van der Waals surface area contributed by atoms with Crippen LogP contribution in [-0.4, -0.2) is 18.3 Å². The molecule has 0 saturated heterocycles. The van der Waals surface area contributed by atoms with Crippen LogP contribution in [0.3, 0.4) is 0 Å². The van der Waals surface area contributed by atoms with Crippen molar-refractivity contribution < 1.29 is 9.84 Å². The molecule has 0 aliphatic rings. The van der Waals surface area contributed by atoms with Crippen LogP contribution in [0.5, 0.6) is 0 Å². The van der Waals surface area contributed by atoms with Crippen LogP contribution in [-0.2, 0) is 11.3 Å². The maximum Gasteiger partial charge on any atom is 0.104 e. The Bertz CT molecular complexity index is 373. The molecule has 2 nitrogen and oxygen atoms in total. The standard InChI is InChI=1S/C15H22O2S/c1-2-3-4-5-6-10-17-12-15-11-14(13-18-15)8-7-9-16/h11,13,16H,2-6,9-10,12H2,1H3. The number of rotatable bonds is 8. The van der Waals surface area contributed by atoms with Gasteiger partial charge < -0.3 is 9.84 Å². The Morgan fingerprint density at radius 3 is 2.89 bits per heavy atom. The second-order valence-electron chi connectivity index (χ2n) is 4.23. The molecule has 1 aromatic rings. The summed E-state index contributed by atoms with van der Waals surface area (Å²) < 4.78 is 5.63. The first kappa shape index (κ1) is 15.2. The molecule has 1 heterocycles. The number of hydrogen-bond acceptors (Lipinski definition) is 3. The molecular formula is C15H22O2S. The van der Waals surface area contributed by atoms with Crippen molar-refractivity contribution in [3.8, 4) is 11.8 Å². The Morgan fingerprint density at radius 1 is 1.28 bits per heavy atom. The summed E-state index contributed by atoms with van der Waals surface area (Å²) in [5.41, 5.74) is 0.968. The van der Waals surface area contributed by atoms with Gasteiger partial charge in [-0.05, 0) is 12.5 Å². The molecule has 0 aliphatic heterocycles. The second kappa shape index (κ2) is 10.1. The van der Waals surface area contributed by atoms with Crippen LogP contribution in [0.4, 0.5) is 0 Å². The van der Waals surface area contributed by atoms with Gasteiger partial charge in [0.15, 0.2) is 0 Å². The van der Waals surface area contributed by atoms with Crippen LogP contribution in [0.2, 0.25) is 0 Å². The number of thiophene rings is 1. The van der Waals surface area contributed by atoms with E-state index in [1.807, 2.05) is 11.4 Å². The fraction of sp³-hybridized carbons (Fsp3) is 0.600. The van der Waals surface area contributed by atoms with Crippen molar-refractivity contribution in [1.82, 2.24) is 0 Å². The third-order valence-electron chi connectivity index (χ3n) is 2.60. The minimum atomic E-state index is -0.0839. The van der Waals surface area contributed by atoms with Gasteiger partial charge in [-0.3, -0.25) is 0 Å². The molecule has 0 fully saturated rings. The van der Waals surface area contributed by atoms with E-state index in [1.165, 1.54) is 30.6 Å². The van der Waals surface area contributed by atoms with Crippen molar-refractivity contribution in [2.45, 2.75) is 45.6 Å². The third-order valence-corrected chi connectivity index (χ3v) is 3.51. The van der Waals surface area contributed by atoms with Crippen molar-refractivity contribution in [2.24, 2.45) is 0 Å². The molecule has 0 unspecified atom stereocenters. The van der Waals surface area contributed by atoms with E-state index in [0.29, 0.717) is 6.61 Å². The van der Waals surface area contributed by atoms with E-state index in [0.717, 1.165) is 18.6 Å². The zero-order chi connectivity index (χ0) is 13.1.